The third-order valence-corrected chi connectivity index (χ3v) is 4.57. The molecule has 3 amide bonds. The second-order valence-corrected chi connectivity index (χ2v) is 6.89. The second-order valence-electron chi connectivity index (χ2n) is 5.60. The number of halogens is 2. The van der Waals surface area contributed by atoms with Crippen LogP contribution in [0.3, 0.4) is 0 Å². The summed E-state index contributed by atoms with van der Waals surface area (Å²) < 4.78 is 0.751. The van der Waals surface area contributed by atoms with Crippen molar-refractivity contribution in [2.24, 2.45) is 5.73 Å². The van der Waals surface area contributed by atoms with E-state index in [0.717, 1.165) is 10.0 Å². The van der Waals surface area contributed by atoms with Crippen LogP contribution in [0.15, 0.2) is 46.9 Å². The monoisotopic (exact) mass is 437 g/mol. The van der Waals surface area contributed by atoms with Crippen molar-refractivity contribution in [3.63, 3.8) is 0 Å². The van der Waals surface area contributed by atoms with E-state index in [1.807, 2.05) is 0 Å². The van der Waals surface area contributed by atoms with Gasteiger partial charge in [-0.05, 0) is 35.9 Å². The molecule has 0 spiro atoms. The third kappa shape index (κ3) is 5.31. The van der Waals surface area contributed by atoms with Gasteiger partial charge in [0.25, 0.3) is 5.91 Å². The van der Waals surface area contributed by atoms with Crippen LogP contribution in [0.5, 0.6) is 0 Å². The number of hydrogen-bond acceptors (Lipinski definition) is 3. The topological polar surface area (TPSA) is 101 Å². The summed E-state index contributed by atoms with van der Waals surface area (Å²) in [7, 11) is 0. The number of carbonyl (C=O) groups is 3. The predicted octanol–water partition coefficient (Wildman–Crippen LogP) is 2.89. The summed E-state index contributed by atoms with van der Waals surface area (Å²) in [6, 6.07) is 10.7. The largest absolute Gasteiger partial charge is 0.368 e. The van der Waals surface area contributed by atoms with Crippen LogP contribution in [0.25, 0.3) is 0 Å². The predicted molar refractivity (Wildman–Crippen MR) is 104 cm³/mol. The normalized spacial score (nSPS) is 11.5. The molecule has 0 aliphatic rings. The zero-order valence-electron chi connectivity index (χ0n) is 13.9. The maximum Gasteiger partial charge on any atom is 0.254 e. The van der Waals surface area contributed by atoms with Crippen molar-refractivity contribution in [1.29, 1.82) is 0 Å². The quantitative estimate of drug-likeness (QED) is 0.646. The highest BCUT2D eigenvalue weighted by atomic mass is 79.9. The average Bonchev–Trinajstić information content (AvgIpc) is 2.57. The molecule has 0 aliphatic carbocycles. The molecule has 0 aliphatic heterocycles. The lowest BCUT2D eigenvalue weighted by Gasteiger charge is -2.18. The number of rotatable bonds is 6. The Labute approximate surface area is 164 Å². The van der Waals surface area contributed by atoms with Gasteiger partial charge in [0.05, 0.1) is 11.3 Å². The van der Waals surface area contributed by atoms with Gasteiger partial charge in [-0.1, -0.05) is 39.7 Å². The first-order valence-corrected chi connectivity index (χ1v) is 8.85. The number of nitrogens with two attached hydrogens (primary N) is 1. The van der Waals surface area contributed by atoms with Crippen molar-refractivity contribution in [3.8, 4) is 0 Å². The minimum atomic E-state index is -0.942. The second kappa shape index (κ2) is 8.82. The van der Waals surface area contributed by atoms with E-state index >= 15 is 0 Å². The summed E-state index contributed by atoms with van der Waals surface area (Å²) in [6.07, 6.45) is 0.171. The molecule has 2 aromatic carbocycles. The van der Waals surface area contributed by atoms with Crippen molar-refractivity contribution in [2.45, 2.75) is 19.4 Å². The molecule has 2 rings (SSSR count). The van der Waals surface area contributed by atoms with Gasteiger partial charge in [-0.3, -0.25) is 14.4 Å². The number of anilines is 1. The standard InChI is InChI=1S/C18H17BrClN3O3/c1-10(24)22-15-5-3-2-4-13(15)18(26)23-16(17(21)25)9-11-8-12(20)6-7-14(11)19/h2-8,16H,9H2,1H3,(H2,21,25)(H,22,24)(H,23,26)/t16-/m1/s1. The van der Waals surface area contributed by atoms with Gasteiger partial charge in [0.15, 0.2) is 0 Å². The molecule has 0 heterocycles. The molecule has 1 atom stereocenters. The van der Waals surface area contributed by atoms with E-state index in [1.54, 1.807) is 42.5 Å². The number of benzene rings is 2. The van der Waals surface area contributed by atoms with Gasteiger partial charge in [-0.2, -0.15) is 0 Å². The summed E-state index contributed by atoms with van der Waals surface area (Å²) in [5, 5.41) is 5.70. The zero-order valence-corrected chi connectivity index (χ0v) is 16.2. The fraction of sp³-hybridized carbons (Fsp3) is 0.167. The molecular weight excluding hydrogens is 422 g/mol. The van der Waals surface area contributed by atoms with E-state index < -0.39 is 17.9 Å². The highest BCUT2D eigenvalue weighted by Gasteiger charge is 2.22. The van der Waals surface area contributed by atoms with E-state index in [-0.39, 0.29) is 17.9 Å². The van der Waals surface area contributed by atoms with E-state index in [9.17, 15) is 14.4 Å². The minimum absolute atomic E-state index is 0.171. The lowest BCUT2D eigenvalue weighted by molar-refractivity contribution is -0.119. The Balaban J connectivity index is 2.23. The Morgan fingerprint density at radius 1 is 1.19 bits per heavy atom. The summed E-state index contributed by atoms with van der Waals surface area (Å²) in [5.74, 6) is -1.50. The molecule has 0 fully saturated rings. The Kier molecular flexibility index (Phi) is 6.76. The highest BCUT2D eigenvalue weighted by Crippen LogP contribution is 2.23. The van der Waals surface area contributed by atoms with Gasteiger partial charge < -0.3 is 16.4 Å². The molecule has 0 bridgehead atoms. The van der Waals surface area contributed by atoms with Gasteiger partial charge in [0, 0.05) is 22.8 Å². The van der Waals surface area contributed by atoms with E-state index in [1.165, 1.54) is 6.92 Å². The maximum absolute atomic E-state index is 12.6. The van der Waals surface area contributed by atoms with Crippen molar-refractivity contribution < 1.29 is 14.4 Å². The number of amides is 3. The van der Waals surface area contributed by atoms with Crippen molar-refractivity contribution >= 4 is 50.9 Å². The fourth-order valence-electron chi connectivity index (χ4n) is 2.36. The van der Waals surface area contributed by atoms with Crippen LogP contribution in [-0.4, -0.2) is 23.8 Å². The van der Waals surface area contributed by atoms with Crippen LogP contribution in [0.1, 0.15) is 22.8 Å². The van der Waals surface area contributed by atoms with Crippen molar-refractivity contribution in [2.75, 3.05) is 5.32 Å². The van der Waals surface area contributed by atoms with E-state index in [2.05, 4.69) is 26.6 Å². The first kappa shape index (κ1) is 19.9. The number of hydrogen-bond donors (Lipinski definition) is 3. The summed E-state index contributed by atoms with van der Waals surface area (Å²) >= 11 is 9.37. The lowest BCUT2D eigenvalue weighted by atomic mass is 10.0. The molecule has 6 nitrogen and oxygen atoms in total. The third-order valence-electron chi connectivity index (χ3n) is 3.56. The van der Waals surface area contributed by atoms with Crippen molar-refractivity contribution in [1.82, 2.24) is 5.32 Å². The Bertz CT molecular complexity index is 857. The Morgan fingerprint density at radius 2 is 1.88 bits per heavy atom. The number of nitrogens with one attached hydrogen (secondary N) is 2. The van der Waals surface area contributed by atoms with Crippen LogP contribution in [0.2, 0.25) is 5.02 Å². The van der Waals surface area contributed by atoms with Crippen molar-refractivity contribution in [3.05, 3.63) is 63.1 Å². The Morgan fingerprint density at radius 3 is 2.54 bits per heavy atom. The summed E-state index contributed by atoms with van der Waals surface area (Å²) in [5.41, 5.74) is 6.77. The molecule has 4 N–H and O–H groups in total. The fourth-order valence-corrected chi connectivity index (χ4v) is 2.96. The molecule has 0 saturated heterocycles. The SMILES string of the molecule is CC(=O)Nc1ccccc1C(=O)N[C@H](Cc1cc(Cl)ccc1Br)C(N)=O. The number of carbonyl (C=O) groups excluding carboxylic acids is 3. The molecule has 136 valence electrons. The molecule has 0 aromatic heterocycles. The maximum atomic E-state index is 12.6. The van der Waals surface area contributed by atoms with E-state index in [0.29, 0.717) is 10.7 Å². The van der Waals surface area contributed by atoms with Gasteiger partial charge in [0.1, 0.15) is 6.04 Å². The van der Waals surface area contributed by atoms with Gasteiger partial charge in [-0.25, -0.2) is 0 Å². The molecule has 26 heavy (non-hydrogen) atoms. The highest BCUT2D eigenvalue weighted by molar-refractivity contribution is 9.10. The Hall–Kier alpha value is -2.38. The molecule has 0 saturated carbocycles. The minimum Gasteiger partial charge on any atom is -0.368 e. The molecule has 8 heteroatoms. The zero-order chi connectivity index (χ0) is 19.3. The van der Waals surface area contributed by atoms with Crippen LogP contribution in [-0.2, 0) is 16.0 Å². The van der Waals surface area contributed by atoms with Crippen LogP contribution in [0.4, 0.5) is 5.69 Å². The molecular formula is C18H17BrClN3O3. The summed E-state index contributed by atoms with van der Waals surface area (Å²) in [4.78, 5) is 35.7. The van der Waals surface area contributed by atoms with Gasteiger partial charge in [0.2, 0.25) is 11.8 Å². The first-order chi connectivity index (χ1) is 12.3. The van der Waals surface area contributed by atoms with Gasteiger partial charge >= 0.3 is 0 Å². The first-order valence-electron chi connectivity index (χ1n) is 7.68. The van der Waals surface area contributed by atoms with Crippen LogP contribution >= 0.6 is 27.5 Å². The number of primary amides is 1. The molecule has 2 aromatic rings. The smallest absolute Gasteiger partial charge is 0.254 e. The lowest BCUT2D eigenvalue weighted by Crippen LogP contribution is -2.46. The average molecular weight is 439 g/mol. The number of para-hydroxylation sites is 1. The van der Waals surface area contributed by atoms with Crippen LogP contribution < -0.4 is 16.4 Å². The van der Waals surface area contributed by atoms with Gasteiger partial charge in [-0.15, -0.1) is 0 Å². The molecule has 0 radical (unpaired) electrons. The molecule has 0 unspecified atom stereocenters. The van der Waals surface area contributed by atoms with Crippen LogP contribution in [0, 0.1) is 0 Å². The van der Waals surface area contributed by atoms with E-state index in [4.69, 9.17) is 17.3 Å². The summed E-state index contributed by atoms with van der Waals surface area (Å²) in [6.45, 7) is 1.34.